The smallest absolute Gasteiger partial charge is 0.166 e. The number of aryl methyl sites for hydroxylation is 1. The topological polar surface area (TPSA) is 22.0 Å². The van der Waals surface area contributed by atoms with Gasteiger partial charge < -0.3 is 4.57 Å². The molecule has 0 aliphatic carbocycles. The van der Waals surface area contributed by atoms with Gasteiger partial charge in [0.05, 0.1) is 0 Å². The Labute approximate surface area is 73.2 Å². The van der Waals surface area contributed by atoms with E-state index in [2.05, 4.69) is 6.92 Å². The SMILES string of the molecule is CCn1ccc(C(=O)C(C)C)c1. The van der Waals surface area contributed by atoms with Gasteiger partial charge in [-0.05, 0) is 13.0 Å². The molecule has 0 amide bonds. The summed E-state index contributed by atoms with van der Waals surface area (Å²) < 4.78 is 2.01. The summed E-state index contributed by atoms with van der Waals surface area (Å²) in [5, 5.41) is 0. The molecule has 0 saturated carbocycles. The van der Waals surface area contributed by atoms with Gasteiger partial charge in [-0.25, -0.2) is 0 Å². The minimum atomic E-state index is 0.0951. The maximum Gasteiger partial charge on any atom is 0.166 e. The van der Waals surface area contributed by atoms with Crippen molar-refractivity contribution in [2.45, 2.75) is 27.3 Å². The van der Waals surface area contributed by atoms with Crippen LogP contribution in [0.15, 0.2) is 18.5 Å². The first-order chi connectivity index (χ1) is 5.65. The van der Waals surface area contributed by atoms with Crippen molar-refractivity contribution < 1.29 is 4.79 Å². The molecule has 1 rings (SSSR count). The van der Waals surface area contributed by atoms with E-state index in [1.54, 1.807) is 0 Å². The van der Waals surface area contributed by atoms with Crippen LogP contribution < -0.4 is 0 Å². The number of hydrogen-bond donors (Lipinski definition) is 0. The molecule has 0 bridgehead atoms. The lowest BCUT2D eigenvalue weighted by Crippen LogP contribution is -2.06. The van der Waals surface area contributed by atoms with Gasteiger partial charge in [-0.3, -0.25) is 4.79 Å². The largest absolute Gasteiger partial charge is 0.354 e. The van der Waals surface area contributed by atoms with E-state index in [4.69, 9.17) is 0 Å². The molecular weight excluding hydrogens is 150 g/mol. The minimum absolute atomic E-state index is 0.0951. The Kier molecular flexibility index (Phi) is 2.69. The Morgan fingerprint density at radius 1 is 1.58 bits per heavy atom. The van der Waals surface area contributed by atoms with Crippen molar-refractivity contribution in [1.29, 1.82) is 0 Å². The normalized spacial score (nSPS) is 10.7. The molecule has 0 spiro atoms. The van der Waals surface area contributed by atoms with E-state index in [9.17, 15) is 4.79 Å². The summed E-state index contributed by atoms with van der Waals surface area (Å²) in [5.41, 5.74) is 0.826. The third-order valence-corrected chi connectivity index (χ3v) is 1.92. The monoisotopic (exact) mass is 165 g/mol. The highest BCUT2D eigenvalue weighted by atomic mass is 16.1. The standard InChI is InChI=1S/C10H15NO/c1-4-11-6-5-9(7-11)10(12)8(2)3/h5-8H,4H2,1-3H3. The van der Waals surface area contributed by atoms with Gasteiger partial charge in [-0.15, -0.1) is 0 Å². The number of nitrogens with zero attached hydrogens (tertiary/aromatic N) is 1. The number of carbonyl (C=O) groups excluding carboxylic acids is 1. The molecule has 1 heterocycles. The van der Waals surface area contributed by atoms with Gasteiger partial charge in [-0.1, -0.05) is 13.8 Å². The summed E-state index contributed by atoms with van der Waals surface area (Å²) in [5.74, 6) is 0.319. The van der Waals surface area contributed by atoms with Gasteiger partial charge in [-0.2, -0.15) is 0 Å². The maximum absolute atomic E-state index is 11.5. The summed E-state index contributed by atoms with van der Waals surface area (Å²) in [7, 11) is 0. The third-order valence-electron chi connectivity index (χ3n) is 1.92. The summed E-state index contributed by atoms with van der Waals surface area (Å²) in [6, 6.07) is 1.88. The lowest BCUT2D eigenvalue weighted by molar-refractivity contribution is 0.0939. The molecule has 0 aliphatic heterocycles. The van der Waals surface area contributed by atoms with Crippen LogP contribution in [0.4, 0.5) is 0 Å². The van der Waals surface area contributed by atoms with Gasteiger partial charge in [0, 0.05) is 30.4 Å². The summed E-state index contributed by atoms with van der Waals surface area (Å²) >= 11 is 0. The zero-order chi connectivity index (χ0) is 9.14. The quantitative estimate of drug-likeness (QED) is 0.630. The molecule has 0 atom stereocenters. The molecule has 66 valence electrons. The van der Waals surface area contributed by atoms with Crippen LogP contribution in [0, 0.1) is 5.92 Å². The molecule has 0 aliphatic rings. The van der Waals surface area contributed by atoms with Crippen LogP contribution >= 0.6 is 0 Å². The lowest BCUT2D eigenvalue weighted by atomic mass is 10.0. The predicted octanol–water partition coefficient (Wildman–Crippen LogP) is 2.35. The lowest BCUT2D eigenvalue weighted by Gasteiger charge is -1.99. The summed E-state index contributed by atoms with van der Waals surface area (Å²) in [6.07, 6.45) is 3.85. The fourth-order valence-electron chi connectivity index (χ4n) is 1.12. The highest BCUT2D eigenvalue weighted by Gasteiger charge is 2.10. The second kappa shape index (κ2) is 3.57. The molecule has 1 aromatic heterocycles. The molecule has 0 N–H and O–H groups in total. The second-order valence-corrected chi connectivity index (χ2v) is 3.25. The van der Waals surface area contributed by atoms with Crippen LogP contribution in [0.1, 0.15) is 31.1 Å². The van der Waals surface area contributed by atoms with Crippen LogP contribution in [-0.4, -0.2) is 10.4 Å². The van der Waals surface area contributed by atoms with E-state index < -0.39 is 0 Å². The Hall–Kier alpha value is -1.05. The summed E-state index contributed by atoms with van der Waals surface area (Å²) in [6.45, 7) is 6.83. The number of hydrogen-bond acceptors (Lipinski definition) is 1. The van der Waals surface area contributed by atoms with Crippen LogP contribution in [0.25, 0.3) is 0 Å². The molecule has 0 unspecified atom stereocenters. The summed E-state index contributed by atoms with van der Waals surface area (Å²) in [4.78, 5) is 11.5. The molecule has 0 saturated heterocycles. The zero-order valence-corrected chi connectivity index (χ0v) is 7.87. The molecule has 0 radical (unpaired) electrons. The fraction of sp³-hybridized carbons (Fsp3) is 0.500. The van der Waals surface area contributed by atoms with E-state index in [0.29, 0.717) is 0 Å². The second-order valence-electron chi connectivity index (χ2n) is 3.25. The van der Waals surface area contributed by atoms with Crippen molar-refractivity contribution in [3.05, 3.63) is 24.0 Å². The maximum atomic E-state index is 11.5. The van der Waals surface area contributed by atoms with Gasteiger partial charge >= 0.3 is 0 Å². The van der Waals surface area contributed by atoms with Crippen molar-refractivity contribution in [2.24, 2.45) is 5.92 Å². The fourth-order valence-corrected chi connectivity index (χ4v) is 1.12. The van der Waals surface area contributed by atoms with Crippen molar-refractivity contribution in [3.63, 3.8) is 0 Å². The Morgan fingerprint density at radius 2 is 2.25 bits per heavy atom. The molecular formula is C10H15NO. The first-order valence-electron chi connectivity index (χ1n) is 4.35. The number of aromatic nitrogens is 1. The number of Topliss-reactive ketones (excluding diaryl/α,β-unsaturated/α-hetero) is 1. The van der Waals surface area contributed by atoms with Crippen LogP contribution in [-0.2, 0) is 6.54 Å². The van der Waals surface area contributed by atoms with Crippen molar-refractivity contribution >= 4 is 5.78 Å². The van der Waals surface area contributed by atoms with Gasteiger partial charge in [0.2, 0.25) is 0 Å². The van der Waals surface area contributed by atoms with E-state index in [1.807, 2.05) is 36.9 Å². The predicted molar refractivity (Wildman–Crippen MR) is 49.3 cm³/mol. The molecule has 1 aromatic rings. The first kappa shape index (κ1) is 9.04. The molecule has 0 aromatic carbocycles. The van der Waals surface area contributed by atoms with Crippen molar-refractivity contribution in [1.82, 2.24) is 4.57 Å². The van der Waals surface area contributed by atoms with Crippen LogP contribution in [0.3, 0.4) is 0 Å². The Bertz CT molecular complexity index is 273. The number of rotatable bonds is 3. The zero-order valence-electron chi connectivity index (χ0n) is 7.87. The van der Waals surface area contributed by atoms with Crippen LogP contribution in [0.2, 0.25) is 0 Å². The van der Waals surface area contributed by atoms with Crippen molar-refractivity contribution in [3.8, 4) is 0 Å². The highest BCUT2D eigenvalue weighted by molar-refractivity contribution is 5.97. The third kappa shape index (κ3) is 1.76. The average Bonchev–Trinajstić information content (AvgIpc) is 2.50. The molecule has 12 heavy (non-hydrogen) atoms. The van der Waals surface area contributed by atoms with Gasteiger partial charge in [0.1, 0.15) is 0 Å². The average molecular weight is 165 g/mol. The molecule has 2 heteroatoms. The first-order valence-corrected chi connectivity index (χ1v) is 4.35. The number of carbonyl (C=O) groups is 1. The molecule has 0 fully saturated rings. The Morgan fingerprint density at radius 3 is 2.67 bits per heavy atom. The van der Waals surface area contributed by atoms with E-state index in [-0.39, 0.29) is 11.7 Å². The molecule has 2 nitrogen and oxygen atoms in total. The minimum Gasteiger partial charge on any atom is -0.354 e. The number of ketones is 1. The van der Waals surface area contributed by atoms with Crippen molar-refractivity contribution in [2.75, 3.05) is 0 Å². The van der Waals surface area contributed by atoms with E-state index >= 15 is 0 Å². The van der Waals surface area contributed by atoms with Gasteiger partial charge in [0.25, 0.3) is 0 Å². The van der Waals surface area contributed by atoms with Gasteiger partial charge in [0.15, 0.2) is 5.78 Å². The Balaban J connectivity index is 2.82. The van der Waals surface area contributed by atoms with E-state index in [1.165, 1.54) is 0 Å². The van der Waals surface area contributed by atoms with Crippen LogP contribution in [0.5, 0.6) is 0 Å². The highest BCUT2D eigenvalue weighted by Crippen LogP contribution is 2.08. The van der Waals surface area contributed by atoms with E-state index in [0.717, 1.165) is 12.1 Å².